The highest BCUT2D eigenvalue weighted by atomic mass is 32.1. The molecule has 2 N–H and O–H groups in total. The molecule has 1 amide bonds. The van der Waals surface area contributed by atoms with E-state index in [9.17, 15) is 9.90 Å². The summed E-state index contributed by atoms with van der Waals surface area (Å²) in [7, 11) is 1.58. The van der Waals surface area contributed by atoms with Gasteiger partial charge in [0.15, 0.2) is 23.2 Å². The van der Waals surface area contributed by atoms with Gasteiger partial charge < -0.3 is 14.6 Å². The number of phenols is 1. The Labute approximate surface area is 136 Å². The summed E-state index contributed by atoms with van der Waals surface area (Å²) in [5.41, 5.74) is 0.705. The average molecular weight is 330 g/mol. The normalized spacial score (nSPS) is 10.5. The Hall–Kier alpha value is -2.80. The molecule has 0 aliphatic carbocycles. The molecule has 0 saturated carbocycles. The van der Waals surface area contributed by atoms with Gasteiger partial charge in [0.25, 0.3) is 5.91 Å². The molecule has 118 valence electrons. The van der Waals surface area contributed by atoms with Crippen LogP contribution < -0.4 is 14.8 Å². The molecule has 0 aliphatic rings. The molecule has 0 saturated heterocycles. The standard InChI is InChI=1S/C16H14N2O4S/c1-21-12-7-4-8-13-15(12)18-16(23-13)17-14(20)9-22-11-6-3-2-5-10(11)19/h2-8,19H,9H2,1H3,(H,17,18,20). The van der Waals surface area contributed by atoms with Crippen molar-refractivity contribution in [2.24, 2.45) is 0 Å². The van der Waals surface area contributed by atoms with Crippen LogP contribution in [0.15, 0.2) is 42.5 Å². The van der Waals surface area contributed by atoms with E-state index < -0.39 is 0 Å². The number of thiazole rings is 1. The first kappa shape index (κ1) is 15.1. The molecule has 23 heavy (non-hydrogen) atoms. The van der Waals surface area contributed by atoms with E-state index in [1.165, 1.54) is 17.4 Å². The number of hydrogen-bond acceptors (Lipinski definition) is 6. The minimum absolute atomic E-state index is 0.00924. The summed E-state index contributed by atoms with van der Waals surface area (Å²) in [5.74, 6) is 0.551. The highest BCUT2D eigenvalue weighted by molar-refractivity contribution is 7.22. The van der Waals surface area contributed by atoms with Crippen molar-refractivity contribution in [2.45, 2.75) is 0 Å². The SMILES string of the molecule is COc1cccc2sc(NC(=O)COc3ccccc3O)nc12. The van der Waals surface area contributed by atoms with Crippen LogP contribution in [0, 0.1) is 0 Å². The molecule has 7 heteroatoms. The van der Waals surface area contributed by atoms with Gasteiger partial charge >= 0.3 is 0 Å². The number of nitrogens with zero attached hydrogens (tertiary/aromatic N) is 1. The zero-order valence-electron chi connectivity index (χ0n) is 12.3. The summed E-state index contributed by atoms with van der Waals surface area (Å²) in [6.07, 6.45) is 0. The van der Waals surface area contributed by atoms with Crippen LogP contribution in [-0.2, 0) is 4.79 Å². The van der Waals surface area contributed by atoms with Gasteiger partial charge in [0.1, 0.15) is 11.3 Å². The van der Waals surface area contributed by atoms with Crippen LogP contribution in [0.1, 0.15) is 0 Å². The molecular weight excluding hydrogens is 316 g/mol. The topological polar surface area (TPSA) is 80.7 Å². The summed E-state index contributed by atoms with van der Waals surface area (Å²) in [6.45, 7) is -0.218. The fraction of sp³-hybridized carbons (Fsp3) is 0.125. The van der Waals surface area contributed by atoms with Crippen LogP contribution in [-0.4, -0.2) is 29.7 Å². The lowest BCUT2D eigenvalue weighted by atomic mass is 10.3. The zero-order valence-corrected chi connectivity index (χ0v) is 13.1. The van der Waals surface area contributed by atoms with Crippen molar-refractivity contribution in [1.82, 2.24) is 4.98 Å². The van der Waals surface area contributed by atoms with E-state index in [1.54, 1.807) is 25.3 Å². The van der Waals surface area contributed by atoms with E-state index in [1.807, 2.05) is 18.2 Å². The molecule has 0 spiro atoms. The summed E-state index contributed by atoms with van der Waals surface area (Å²) in [4.78, 5) is 16.3. The molecule has 0 fully saturated rings. The molecule has 0 radical (unpaired) electrons. The summed E-state index contributed by atoms with van der Waals surface area (Å²) >= 11 is 1.35. The highest BCUT2D eigenvalue weighted by Gasteiger charge is 2.12. The Balaban J connectivity index is 1.67. The molecule has 0 unspecified atom stereocenters. The first-order valence-corrected chi connectivity index (χ1v) is 7.63. The van der Waals surface area contributed by atoms with Crippen molar-refractivity contribution < 1.29 is 19.4 Å². The van der Waals surface area contributed by atoms with Gasteiger partial charge in [0, 0.05) is 0 Å². The van der Waals surface area contributed by atoms with Crippen LogP contribution >= 0.6 is 11.3 Å². The van der Waals surface area contributed by atoms with Gasteiger partial charge in [-0.25, -0.2) is 4.98 Å². The van der Waals surface area contributed by atoms with Crippen LogP contribution in [0.5, 0.6) is 17.2 Å². The highest BCUT2D eigenvalue weighted by Crippen LogP contribution is 2.32. The number of hydrogen-bond donors (Lipinski definition) is 2. The van der Waals surface area contributed by atoms with Gasteiger partial charge in [0.2, 0.25) is 0 Å². The molecule has 1 heterocycles. The van der Waals surface area contributed by atoms with E-state index in [4.69, 9.17) is 9.47 Å². The number of nitrogens with one attached hydrogen (secondary N) is 1. The van der Waals surface area contributed by atoms with Gasteiger partial charge in [-0.1, -0.05) is 29.5 Å². The predicted octanol–water partition coefficient (Wildman–Crippen LogP) is 3.03. The minimum atomic E-state index is -0.355. The van der Waals surface area contributed by atoms with E-state index >= 15 is 0 Å². The van der Waals surface area contributed by atoms with E-state index in [2.05, 4.69) is 10.3 Å². The van der Waals surface area contributed by atoms with Crippen LogP contribution in [0.2, 0.25) is 0 Å². The Bertz CT molecular complexity index is 847. The number of aromatic nitrogens is 1. The number of methoxy groups -OCH3 is 1. The second-order valence-electron chi connectivity index (χ2n) is 4.63. The van der Waals surface area contributed by atoms with Gasteiger partial charge in [-0.3, -0.25) is 10.1 Å². The van der Waals surface area contributed by atoms with Crippen LogP contribution in [0.3, 0.4) is 0 Å². The Kier molecular flexibility index (Phi) is 4.29. The third-order valence-corrected chi connectivity index (χ3v) is 4.01. The van der Waals surface area contributed by atoms with E-state index in [-0.39, 0.29) is 24.0 Å². The maximum absolute atomic E-state index is 11.9. The van der Waals surface area contributed by atoms with Gasteiger partial charge in [-0.15, -0.1) is 0 Å². The summed E-state index contributed by atoms with van der Waals surface area (Å²) < 4.78 is 11.4. The van der Waals surface area contributed by atoms with E-state index in [0.29, 0.717) is 16.4 Å². The third kappa shape index (κ3) is 3.35. The number of aromatic hydroxyl groups is 1. The number of carbonyl (C=O) groups excluding carboxylic acids is 1. The lowest BCUT2D eigenvalue weighted by molar-refractivity contribution is -0.118. The molecule has 0 bridgehead atoms. The Morgan fingerprint density at radius 2 is 2.00 bits per heavy atom. The quantitative estimate of drug-likeness (QED) is 0.751. The maximum Gasteiger partial charge on any atom is 0.264 e. The number of para-hydroxylation sites is 3. The van der Waals surface area contributed by atoms with Crippen molar-refractivity contribution in [3.8, 4) is 17.2 Å². The predicted molar refractivity (Wildman–Crippen MR) is 88.4 cm³/mol. The van der Waals surface area contributed by atoms with Crippen LogP contribution in [0.25, 0.3) is 10.2 Å². The number of amides is 1. The Morgan fingerprint density at radius 3 is 2.78 bits per heavy atom. The second-order valence-corrected chi connectivity index (χ2v) is 5.66. The number of carbonyl (C=O) groups is 1. The van der Waals surface area contributed by atoms with Crippen molar-refractivity contribution in [3.63, 3.8) is 0 Å². The van der Waals surface area contributed by atoms with Gasteiger partial charge in [-0.05, 0) is 24.3 Å². The third-order valence-electron chi connectivity index (χ3n) is 3.07. The number of rotatable bonds is 5. The molecule has 0 atom stereocenters. The molecule has 6 nitrogen and oxygen atoms in total. The zero-order chi connectivity index (χ0) is 16.2. The van der Waals surface area contributed by atoms with Crippen molar-refractivity contribution in [1.29, 1.82) is 0 Å². The van der Waals surface area contributed by atoms with E-state index in [0.717, 1.165) is 4.70 Å². The monoisotopic (exact) mass is 330 g/mol. The summed E-state index contributed by atoms with van der Waals surface area (Å²) in [5, 5.41) is 12.7. The van der Waals surface area contributed by atoms with Gasteiger partial charge in [0.05, 0.1) is 11.8 Å². The molecule has 2 aromatic carbocycles. The minimum Gasteiger partial charge on any atom is -0.504 e. The smallest absolute Gasteiger partial charge is 0.264 e. The van der Waals surface area contributed by atoms with Crippen LogP contribution in [0.4, 0.5) is 5.13 Å². The summed E-state index contributed by atoms with van der Waals surface area (Å²) in [6, 6.07) is 12.1. The molecular formula is C16H14N2O4S. The molecule has 3 rings (SSSR count). The maximum atomic E-state index is 11.9. The number of phenolic OH excluding ortho intramolecular Hbond substituents is 1. The Morgan fingerprint density at radius 1 is 1.22 bits per heavy atom. The second kappa shape index (κ2) is 6.53. The van der Waals surface area contributed by atoms with Gasteiger partial charge in [-0.2, -0.15) is 0 Å². The average Bonchev–Trinajstić information content (AvgIpc) is 2.96. The number of fused-ring (bicyclic) bond motifs is 1. The molecule has 3 aromatic rings. The largest absolute Gasteiger partial charge is 0.504 e. The molecule has 0 aliphatic heterocycles. The van der Waals surface area contributed by atoms with Crippen molar-refractivity contribution in [3.05, 3.63) is 42.5 Å². The number of benzene rings is 2. The first-order chi connectivity index (χ1) is 11.2. The van der Waals surface area contributed by atoms with Crippen molar-refractivity contribution >= 4 is 32.6 Å². The molecule has 1 aromatic heterocycles. The number of ether oxygens (including phenoxy) is 2. The van der Waals surface area contributed by atoms with Crippen molar-refractivity contribution in [2.75, 3.05) is 19.0 Å². The first-order valence-electron chi connectivity index (χ1n) is 6.81. The fourth-order valence-corrected chi connectivity index (χ4v) is 2.92. The lowest BCUT2D eigenvalue weighted by Crippen LogP contribution is -2.20. The lowest BCUT2D eigenvalue weighted by Gasteiger charge is -2.06. The number of anilines is 1. The fourth-order valence-electron chi connectivity index (χ4n) is 2.02.